The van der Waals surface area contributed by atoms with Crippen LogP contribution in [-0.2, 0) is 0 Å². The predicted molar refractivity (Wildman–Crippen MR) is 263 cm³/mol. The third kappa shape index (κ3) is 6.04. The largest absolute Gasteiger partial charge is 0.456 e. The van der Waals surface area contributed by atoms with E-state index >= 15 is 0 Å². The lowest BCUT2D eigenvalue weighted by Gasteiger charge is -2.29. The van der Waals surface area contributed by atoms with Crippen molar-refractivity contribution in [2.45, 2.75) is 0 Å². The first-order chi connectivity index (χ1) is 30.7. The van der Waals surface area contributed by atoms with E-state index in [1.807, 2.05) is 0 Å². The Morgan fingerprint density at radius 2 is 0.806 bits per heavy atom. The first-order valence-electron chi connectivity index (χ1n) is 21.2. The molecule has 290 valence electrons. The van der Waals surface area contributed by atoms with Crippen LogP contribution < -0.4 is 4.90 Å². The maximum absolute atomic E-state index is 6.72. The molecule has 0 bridgehead atoms. The summed E-state index contributed by atoms with van der Waals surface area (Å²) in [5.41, 5.74) is 14.3. The maximum Gasteiger partial charge on any atom is 0.137 e. The molecule has 0 aliphatic rings. The van der Waals surface area contributed by atoms with Crippen LogP contribution in [0.3, 0.4) is 0 Å². The molecular weight excluding hydrogens is 751 g/mol. The van der Waals surface area contributed by atoms with Gasteiger partial charge >= 0.3 is 0 Å². The van der Waals surface area contributed by atoms with Crippen LogP contribution in [0.2, 0.25) is 0 Å². The molecule has 0 saturated carbocycles. The summed E-state index contributed by atoms with van der Waals surface area (Å²) < 4.78 is 6.72. The number of nitrogens with zero attached hydrogens (tertiary/aromatic N) is 1. The van der Waals surface area contributed by atoms with E-state index in [9.17, 15) is 0 Å². The Balaban J connectivity index is 1.09. The van der Waals surface area contributed by atoms with Crippen molar-refractivity contribution >= 4 is 71.3 Å². The Kier molecular flexibility index (Phi) is 8.53. The molecular formula is C60H39NO. The molecule has 11 aromatic carbocycles. The van der Waals surface area contributed by atoms with Gasteiger partial charge in [0.05, 0.1) is 5.69 Å². The van der Waals surface area contributed by atoms with Crippen LogP contribution in [-0.4, -0.2) is 0 Å². The molecule has 0 fully saturated rings. The van der Waals surface area contributed by atoms with Crippen LogP contribution in [0.1, 0.15) is 0 Å². The lowest BCUT2D eigenvalue weighted by molar-refractivity contribution is 0.669. The highest BCUT2D eigenvalue weighted by Crippen LogP contribution is 2.47. The van der Waals surface area contributed by atoms with Gasteiger partial charge in [0, 0.05) is 33.8 Å². The Morgan fingerprint density at radius 3 is 1.60 bits per heavy atom. The van der Waals surface area contributed by atoms with E-state index in [2.05, 4.69) is 241 Å². The van der Waals surface area contributed by atoms with E-state index in [0.29, 0.717) is 0 Å². The van der Waals surface area contributed by atoms with Crippen molar-refractivity contribution < 1.29 is 4.42 Å². The average Bonchev–Trinajstić information content (AvgIpc) is 3.70. The number of benzene rings is 11. The van der Waals surface area contributed by atoms with Crippen molar-refractivity contribution in [3.8, 4) is 44.5 Å². The van der Waals surface area contributed by atoms with Crippen LogP contribution in [0.25, 0.3) is 98.8 Å². The molecule has 1 aromatic heterocycles. The number of anilines is 3. The SMILES string of the molecule is c1ccc(-c2ccccc2-c2cccc(N(c3ccc4c(c3)oc3cc5ccccc5cc34)c3ccccc3-c3ccccc3-c3cc4ccccc4c4ccccc34)c2)cc1. The molecule has 62 heavy (non-hydrogen) atoms. The van der Waals surface area contributed by atoms with Crippen LogP contribution in [0.4, 0.5) is 17.1 Å². The standard InChI is InChI=1S/C60H39NO/c1-2-17-40(18-3-1)47-24-8-9-25-48(47)43-22-16-23-45(35-43)61(46-33-34-55-57-36-41-19-4-5-20-42(41)38-59(57)62-60(55)39-46)58-32-15-14-31-54(58)51-28-11-13-30-53(51)56-37-44-21-6-7-26-49(44)50-27-10-12-29-52(50)56/h1-39H. The minimum atomic E-state index is 0.851. The first kappa shape index (κ1) is 35.7. The van der Waals surface area contributed by atoms with Crippen molar-refractivity contribution in [1.29, 1.82) is 0 Å². The summed E-state index contributed by atoms with van der Waals surface area (Å²) in [7, 11) is 0. The molecule has 0 spiro atoms. The number of fused-ring (bicyclic) bond motifs is 7. The Labute approximate surface area is 360 Å². The summed E-state index contributed by atoms with van der Waals surface area (Å²) in [5.74, 6) is 0. The molecule has 1 heterocycles. The third-order valence-corrected chi connectivity index (χ3v) is 12.4. The fourth-order valence-corrected chi connectivity index (χ4v) is 9.56. The number of para-hydroxylation sites is 1. The monoisotopic (exact) mass is 789 g/mol. The van der Waals surface area contributed by atoms with Gasteiger partial charge in [0.1, 0.15) is 11.2 Å². The highest BCUT2D eigenvalue weighted by Gasteiger charge is 2.22. The van der Waals surface area contributed by atoms with Crippen molar-refractivity contribution in [2.24, 2.45) is 0 Å². The summed E-state index contributed by atoms with van der Waals surface area (Å²) in [6.07, 6.45) is 0. The smallest absolute Gasteiger partial charge is 0.137 e. The molecule has 2 heteroatoms. The zero-order chi connectivity index (χ0) is 41.0. The number of hydrogen-bond acceptors (Lipinski definition) is 2. The summed E-state index contributed by atoms with van der Waals surface area (Å²) in [5, 5.41) is 9.57. The Morgan fingerprint density at radius 1 is 0.258 bits per heavy atom. The molecule has 2 nitrogen and oxygen atoms in total. The molecule has 0 unspecified atom stereocenters. The van der Waals surface area contributed by atoms with E-state index in [1.54, 1.807) is 0 Å². The third-order valence-electron chi connectivity index (χ3n) is 12.4. The Bertz CT molecular complexity index is 3650. The zero-order valence-electron chi connectivity index (χ0n) is 33.9. The van der Waals surface area contributed by atoms with Gasteiger partial charge in [-0.05, 0) is 120 Å². The van der Waals surface area contributed by atoms with Crippen LogP contribution in [0, 0.1) is 0 Å². The second-order valence-corrected chi connectivity index (χ2v) is 16.0. The molecule has 0 saturated heterocycles. The molecule has 0 aliphatic carbocycles. The van der Waals surface area contributed by atoms with Crippen LogP contribution in [0.15, 0.2) is 241 Å². The molecule has 12 aromatic rings. The van der Waals surface area contributed by atoms with E-state index < -0.39 is 0 Å². The van der Waals surface area contributed by atoms with Gasteiger partial charge in [-0.1, -0.05) is 182 Å². The van der Waals surface area contributed by atoms with Crippen molar-refractivity contribution in [2.75, 3.05) is 4.90 Å². The number of furan rings is 1. The van der Waals surface area contributed by atoms with Gasteiger partial charge in [-0.15, -0.1) is 0 Å². The minimum absolute atomic E-state index is 0.851. The summed E-state index contributed by atoms with van der Waals surface area (Å²) in [4.78, 5) is 2.41. The van der Waals surface area contributed by atoms with Gasteiger partial charge in [0.15, 0.2) is 0 Å². The normalized spacial score (nSPS) is 11.5. The average molecular weight is 790 g/mol. The molecule has 0 amide bonds. The van der Waals surface area contributed by atoms with Crippen LogP contribution in [0.5, 0.6) is 0 Å². The highest BCUT2D eigenvalue weighted by atomic mass is 16.3. The first-order valence-corrected chi connectivity index (χ1v) is 21.2. The van der Waals surface area contributed by atoms with Gasteiger partial charge in [-0.2, -0.15) is 0 Å². The molecule has 12 rings (SSSR count). The quantitative estimate of drug-likeness (QED) is 0.150. The van der Waals surface area contributed by atoms with Crippen molar-refractivity contribution in [3.63, 3.8) is 0 Å². The van der Waals surface area contributed by atoms with Crippen molar-refractivity contribution in [1.82, 2.24) is 0 Å². The second kappa shape index (κ2) is 14.8. The van der Waals surface area contributed by atoms with Gasteiger partial charge in [0.2, 0.25) is 0 Å². The van der Waals surface area contributed by atoms with Gasteiger partial charge in [-0.3, -0.25) is 0 Å². The molecule has 0 radical (unpaired) electrons. The number of rotatable bonds is 7. The lowest BCUT2D eigenvalue weighted by atomic mass is 9.88. The fourth-order valence-electron chi connectivity index (χ4n) is 9.56. The topological polar surface area (TPSA) is 16.4 Å². The molecule has 0 N–H and O–H groups in total. The predicted octanol–water partition coefficient (Wildman–Crippen LogP) is 17.2. The summed E-state index contributed by atoms with van der Waals surface area (Å²) in [6, 6.07) is 85.5. The van der Waals surface area contributed by atoms with Crippen molar-refractivity contribution in [3.05, 3.63) is 237 Å². The van der Waals surface area contributed by atoms with E-state index in [-0.39, 0.29) is 0 Å². The van der Waals surface area contributed by atoms with E-state index in [1.165, 1.54) is 60.1 Å². The minimum Gasteiger partial charge on any atom is -0.456 e. The number of hydrogen-bond donors (Lipinski definition) is 0. The van der Waals surface area contributed by atoms with Gasteiger partial charge in [-0.25, -0.2) is 0 Å². The second-order valence-electron chi connectivity index (χ2n) is 16.0. The molecule has 0 atom stereocenters. The van der Waals surface area contributed by atoms with Gasteiger partial charge < -0.3 is 9.32 Å². The fraction of sp³-hybridized carbons (Fsp3) is 0. The maximum atomic E-state index is 6.72. The Hall–Kier alpha value is -8.20. The van der Waals surface area contributed by atoms with Gasteiger partial charge in [0.25, 0.3) is 0 Å². The zero-order valence-corrected chi connectivity index (χ0v) is 33.9. The van der Waals surface area contributed by atoms with E-state index in [0.717, 1.165) is 55.7 Å². The molecule has 0 aliphatic heterocycles. The van der Waals surface area contributed by atoms with E-state index in [4.69, 9.17) is 4.42 Å². The summed E-state index contributed by atoms with van der Waals surface area (Å²) >= 11 is 0. The highest BCUT2D eigenvalue weighted by molar-refractivity contribution is 6.15. The van der Waals surface area contributed by atoms with Crippen LogP contribution >= 0.6 is 0 Å². The summed E-state index contributed by atoms with van der Waals surface area (Å²) in [6.45, 7) is 0. The lowest BCUT2D eigenvalue weighted by Crippen LogP contribution is -2.11.